The van der Waals surface area contributed by atoms with Crippen LogP contribution in [0.3, 0.4) is 0 Å². The van der Waals surface area contributed by atoms with Gasteiger partial charge in [0.2, 0.25) is 5.91 Å². The van der Waals surface area contributed by atoms with E-state index in [1.807, 2.05) is 0 Å². The van der Waals surface area contributed by atoms with Gasteiger partial charge in [0, 0.05) is 12.1 Å². The van der Waals surface area contributed by atoms with Crippen LogP contribution in [0, 0.1) is 5.92 Å². The van der Waals surface area contributed by atoms with Gasteiger partial charge in [-0.05, 0) is 36.8 Å². The van der Waals surface area contributed by atoms with Gasteiger partial charge >= 0.3 is 0 Å². The zero-order valence-electron chi connectivity index (χ0n) is 11.3. The Labute approximate surface area is 114 Å². The highest BCUT2D eigenvalue weighted by Gasteiger charge is 2.31. The van der Waals surface area contributed by atoms with Gasteiger partial charge in [0.05, 0.1) is 5.92 Å². The molecule has 0 aliphatic heterocycles. The maximum Gasteiger partial charge on any atom is 0.224 e. The Kier molecular flexibility index (Phi) is 3.56. The van der Waals surface area contributed by atoms with E-state index < -0.39 is 0 Å². The Bertz CT molecular complexity index is 447. The van der Waals surface area contributed by atoms with E-state index in [2.05, 4.69) is 29.6 Å². The monoisotopic (exact) mass is 258 g/mol. The first-order valence-corrected chi connectivity index (χ1v) is 7.37. The third kappa shape index (κ3) is 2.66. The van der Waals surface area contributed by atoms with Gasteiger partial charge in [-0.25, -0.2) is 0 Å². The second-order valence-electron chi connectivity index (χ2n) is 5.94. The van der Waals surface area contributed by atoms with E-state index >= 15 is 0 Å². The quantitative estimate of drug-likeness (QED) is 0.849. The molecule has 0 spiro atoms. The standard InChI is InChI=1S/C16H22N2O/c17-15-8-4-3-7-14(15)16(19)18-13-9-11-5-1-2-6-12(11)10-13/h1-2,5-6,13-15H,3-4,7-10,17H2,(H,18,19). The molecule has 1 amide bonds. The summed E-state index contributed by atoms with van der Waals surface area (Å²) in [5, 5.41) is 3.21. The first-order chi connectivity index (χ1) is 9.24. The van der Waals surface area contributed by atoms with Crippen LogP contribution < -0.4 is 11.1 Å². The summed E-state index contributed by atoms with van der Waals surface area (Å²) in [5.41, 5.74) is 8.83. The SMILES string of the molecule is NC1CCCCC1C(=O)NC1Cc2ccccc2C1. The van der Waals surface area contributed by atoms with Crippen molar-refractivity contribution in [3.63, 3.8) is 0 Å². The Morgan fingerprint density at radius 1 is 1.11 bits per heavy atom. The van der Waals surface area contributed by atoms with Gasteiger partial charge in [-0.3, -0.25) is 4.79 Å². The number of hydrogen-bond acceptors (Lipinski definition) is 2. The molecule has 19 heavy (non-hydrogen) atoms. The average Bonchev–Trinajstić information content (AvgIpc) is 2.81. The Morgan fingerprint density at radius 3 is 2.37 bits per heavy atom. The van der Waals surface area contributed by atoms with Crippen molar-refractivity contribution in [2.24, 2.45) is 11.7 Å². The van der Waals surface area contributed by atoms with Gasteiger partial charge in [-0.15, -0.1) is 0 Å². The lowest BCUT2D eigenvalue weighted by Gasteiger charge is -2.28. The highest BCUT2D eigenvalue weighted by Crippen LogP contribution is 2.25. The molecule has 1 aromatic rings. The van der Waals surface area contributed by atoms with Crippen molar-refractivity contribution < 1.29 is 4.79 Å². The summed E-state index contributed by atoms with van der Waals surface area (Å²) in [5.74, 6) is 0.197. The minimum absolute atomic E-state index is 0.0254. The van der Waals surface area contributed by atoms with Crippen LogP contribution >= 0.6 is 0 Å². The van der Waals surface area contributed by atoms with Crippen LogP contribution in [0.15, 0.2) is 24.3 Å². The van der Waals surface area contributed by atoms with E-state index in [4.69, 9.17) is 5.73 Å². The summed E-state index contributed by atoms with van der Waals surface area (Å²) in [7, 11) is 0. The van der Waals surface area contributed by atoms with E-state index in [1.165, 1.54) is 17.5 Å². The summed E-state index contributed by atoms with van der Waals surface area (Å²) < 4.78 is 0. The third-order valence-corrected chi connectivity index (χ3v) is 4.55. The molecule has 2 aliphatic rings. The van der Waals surface area contributed by atoms with E-state index in [0.717, 1.165) is 32.1 Å². The number of carbonyl (C=O) groups excluding carboxylic acids is 1. The van der Waals surface area contributed by atoms with Crippen LogP contribution in [-0.4, -0.2) is 18.0 Å². The first-order valence-electron chi connectivity index (χ1n) is 7.37. The fraction of sp³-hybridized carbons (Fsp3) is 0.562. The van der Waals surface area contributed by atoms with Gasteiger partial charge in [-0.1, -0.05) is 37.1 Å². The minimum Gasteiger partial charge on any atom is -0.352 e. The fourth-order valence-electron chi connectivity index (χ4n) is 3.45. The summed E-state index contributed by atoms with van der Waals surface area (Å²) >= 11 is 0. The molecule has 0 radical (unpaired) electrons. The Morgan fingerprint density at radius 2 is 1.74 bits per heavy atom. The van der Waals surface area contributed by atoms with Crippen LogP contribution in [0.5, 0.6) is 0 Å². The first kappa shape index (κ1) is 12.7. The van der Waals surface area contributed by atoms with Crippen LogP contribution in [0.4, 0.5) is 0 Å². The average molecular weight is 258 g/mol. The smallest absolute Gasteiger partial charge is 0.224 e. The molecule has 2 aliphatic carbocycles. The van der Waals surface area contributed by atoms with Crippen molar-refractivity contribution >= 4 is 5.91 Å². The van der Waals surface area contributed by atoms with Crippen molar-refractivity contribution in [2.45, 2.75) is 50.6 Å². The lowest BCUT2D eigenvalue weighted by Crippen LogP contribution is -2.47. The molecule has 2 unspecified atom stereocenters. The molecular formula is C16H22N2O. The lowest BCUT2D eigenvalue weighted by atomic mass is 9.84. The number of amides is 1. The van der Waals surface area contributed by atoms with E-state index in [9.17, 15) is 4.79 Å². The second kappa shape index (κ2) is 5.33. The summed E-state index contributed by atoms with van der Waals surface area (Å²) in [4.78, 5) is 12.3. The summed E-state index contributed by atoms with van der Waals surface area (Å²) in [6.45, 7) is 0. The number of benzene rings is 1. The second-order valence-corrected chi connectivity index (χ2v) is 5.94. The predicted molar refractivity (Wildman–Crippen MR) is 75.7 cm³/mol. The fourth-order valence-corrected chi connectivity index (χ4v) is 3.45. The van der Waals surface area contributed by atoms with Crippen molar-refractivity contribution in [2.75, 3.05) is 0 Å². The van der Waals surface area contributed by atoms with Crippen LogP contribution in [0.25, 0.3) is 0 Å². The number of rotatable bonds is 2. The number of carbonyl (C=O) groups is 1. The van der Waals surface area contributed by atoms with Crippen LogP contribution in [0.2, 0.25) is 0 Å². The highest BCUT2D eigenvalue weighted by atomic mass is 16.2. The summed E-state index contributed by atoms with van der Waals surface area (Å²) in [6, 6.07) is 8.78. The molecule has 0 bridgehead atoms. The van der Waals surface area contributed by atoms with Crippen molar-refractivity contribution in [1.82, 2.24) is 5.32 Å². The molecule has 102 valence electrons. The molecule has 0 heterocycles. The number of fused-ring (bicyclic) bond motifs is 1. The zero-order valence-corrected chi connectivity index (χ0v) is 11.3. The highest BCUT2D eigenvalue weighted by molar-refractivity contribution is 5.80. The zero-order chi connectivity index (χ0) is 13.2. The Balaban J connectivity index is 1.59. The molecule has 3 heteroatoms. The molecule has 2 atom stereocenters. The van der Waals surface area contributed by atoms with Gasteiger partial charge in [0.1, 0.15) is 0 Å². The lowest BCUT2D eigenvalue weighted by molar-refractivity contribution is -0.127. The predicted octanol–water partition coefficient (Wildman–Crippen LogP) is 1.79. The van der Waals surface area contributed by atoms with Gasteiger partial charge in [-0.2, -0.15) is 0 Å². The summed E-state index contributed by atoms with van der Waals surface area (Å²) in [6.07, 6.45) is 6.17. The van der Waals surface area contributed by atoms with E-state index in [0.29, 0.717) is 0 Å². The minimum atomic E-state index is 0.0254. The third-order valence-electron chi connectivity index (χ3n) is 4.55. The van der Waals surface area contributed by atoms with Crippen molar-refractivity contribution in [3.05, 3.63) is 35.4 Å². The molecular weight excluding hydrogens is 236 g/mol. The number of nitrogens with one attached hydrogen (secondary N) is 1. The normalized spacial score (nSPS) is 27.0. The van der Waals surface area contributed by atoms with Gasteiger partial charge < -0.3 is 11.1 Å². The topological polar surface area (TPSA) is 55.1 Å². The largest absolute Gasteiger partial charge is 0.352 e. The Hall–Kier alpha value is -1.35. The molecule has 3 rings (SSSR count). The molecule has 0 aromatic heterocycles. The van der Waals surface area contributed by atoms with Gasteiger partial charge in [0.25, 0.3) is 0 Å². The van der Waals surface area contributed by atoms with Crippen molar-refractivity contribution in [3.8, 4) is 0 Å². The molecule has 1 saturated carbocycles. The molecule has 3 nitrogen and oxygen atoms in total. The maximum absolute atomic E-state index is 12.3. The van der Waals surface area contributed by atoms with E-state index in [-0.39, 0.29) is 23.9 Å². The number of hydrogen-bond donors (Lipinski definition) is 2. The number of nitrogens with two attached hydrogens (primary N) is 1. The van der Waals surface area contributed by atoms with E-state index in [1.54, 1.807) is 0 Å². The van der Waals surface area contributed by atoms with Crippen LogP contribution in [0.1, 0.15) is 36.8 Å². The molecule has 1 fully saturated rings. The molecule has 1 aromatic carbocycles. The van der Waals surface area contributed by atoms with Crippen LogP contribution in [-0.2, 0) is 17.6 Å². The van der Waals surface area contributed by atoms with Gasteiger partial charge in [0.15, 0.2) is 0 Å². The maximum atomic E-state index is 12.3. The molecule has 3 N–H and O–H groups in total. The van der Waals surface area contributed by atoms with Crippen molar-refractivity contribution in [1.29, 1.82) is 0 Å². The molecule has 0 saturated heterocycles.